The first-order valence-corrected chi connectivity index (χ1v) is 11.0. The van der Waals surface area contributed by atoms with Gasteiger partial charge in [0.05, 0.1) is 12.3 Å². The van der Waals surface area contributed by atoms with Gasteiger partial charge in [0.25, 0.3) is 11.5 Å². The predicted molar refractivity (Wildman–Crippen MR) is 134 cm³/mol. The molecule has 1 aromatic heterocycles. The normalized spacial score (nSPS) is 10.9. The number of carbonyl (C=O) groups is 1. The van der Waals surface area contributed by atoms with Gasteiger partial charge < -0.3 is 30.8 Å². The summed E-state index contributed by atoms with van der Waals surface area (Å²) >= 11 is 0. The Morgan fingerprint density at radius 2 is 1.97 bits per heavy atom. The Morgan fingerprint density at radius 1 is 1.27 bits per heavy atom. The lowest BCUT2D eigenvalue weighted by molar-refractivity contribution is 0.0950. The number of benzene rings is 1. The maximum atomic E-state index is 13.2. The summed E-state index contributed by atoms with van der Waals surface area (Å²) in [7, 11) is 5.38. The van der Waals surface area contributed by atoms with E-state index in [0.717, 1.165) is 22.5 Å². The molecule has 2 aromatic rings. The highest BCUT2D eigenvalue weighted by Gasteiger charge is 2.24. The first-order chi connectivity index (χ1) is 15.7. The average molecular weight is 457 g/mol. The molecular weight excluding hydrogens is 420 g/mol. The van der Waals surface area contributed by atoms with E-state index in [1.807, 2.05) is 50.8 Å². The van der Waals surface area contributed by atoms with Crippen LogP contribution in [-0.4, -0.2) is 63.0 Å². The van der Waals surface area contributed by atoms with Crippen molar-refractivity contribution in [2.75, 3.05) is 51.2 Å². The van der Waals surface area contributed by atoms with E-state index < -0.39 is 0 Å². The molecule has 0 aliphatic rings. The third-order valence-electron chi connectivity index (χ3n) is 5.76. The van der Waals surface area contributed by atoms with Crippen LogP contribution in [0.1, 0.15) is 45.2 Å². The molecule has 0 unspecified atom stereocenters. The van der Waals surface area contributed by atoms with Crippen LogP contribution in [0.2, 0.25) is 0 Å². The molecule has 2 rings (SSSR count). The van der Waals surface area contributed by atoms with Crippen molar-refractivity contribution in [2.24, 2.45) is 0 Å². The molecule has 0 saturated carbocycles. The highest BCUT2D eigenvalue weighted by molar-refractivity contribution is 6.03. The van der Waals surface area contributed by atoms with Crippen LogP contribution < -0.4 is 21.2 Å². The number of anilines is 2. The number of carbonyl (C=O) groups excluding carboxylic acids is 1. The van der Waals surface area contributed by atoms with Crippen molar-refractivity contribution < 1.29 is 9.53 Å². The number of ether oxygens (including phenoxy) is 1. The number of pyridine rings is 1. The summed E-state index contributed by atoms with van der Waals surface area (Å²) in [5.74, 6) is -0.281. The van der Waals surface area contributed by atoms with Crippen LogP contribution in [0.5, 0.6) is 0 Å². The van der Waals surface area contributed by atoms with Crippen molar-refractivity contribution in [1.82, 2.24) is 15.3 Å². The van der Waals surface area contributed by atoms with Gasteiger partial charge in [-0.2, -0.15) is 0 Å². The summed E-state index contributed by atoms with van der Waals surface area (Å²) in [5, 5.41) is 18.1. The number of H-pyrrole nitrogens is 1. The third kappa shape index (κ3) is 5.80. The Balaban J connectivity index is 2.49. The molecule has 0 aliphatic heterocycles. The van der Waals surface area contributed by atoms with Crippen molar-refractivity contribution in [3.8, 4) is 0 Å². The van der Waals surface area contributed by atoms with Gasteiger partial charge in [-0.05, 0) is 51.0 Å². The van der Waals surface area contributed by atoms with Crippen molar-refractivity contribution in [1.29, 1.82) is 5.41 Å². The Kier molecular flexibility index (Phi) is 9.19. The fourth-order valence-corrected chi connectivity index (χ4v) is 3.99. The second-order valence-corrected chi connectivity index (χ2v) is 7.97. The molecule has 0 bridgehead atoms. The lowest BCUT2D eigenvalue weighted by atomic mass is 9.98. The molecule has 0 atom stereocenters. The van der Waals surface area contributed by atoms with E-state index in [2.05, 4.69) is 15.6 Å². The van der Waals surface area contributed by atoms with E-state index in [0.29, 0.717) is 42.1 Å². The highest BCUT2D eigenvalue weighted by atomic mass is 16.5. The van der Waals surface area contributed by atoms with Gasteiger partial charge >= 0.3 is 0 Å². The topological polar surface area (TPSA) is 114 Å². The van der Waals surface area contributed by atoms with E-state index in [-0.39, 0.29) is 18.0 Å². The minimum Gasteiger partial charge on any atom is -0.388 e. The minimum absolute atomic E-state index is 0.126. The van der Waals surface area contributed by atoms with Crippen LogP contribution in [-0.2, 0) is 11.3 Å². The largest absolute Gasteiger partial charge is 0.388 e. The zero-order valence-corrected chi connectivity index (χ0v) is 20.7. The van der Waals surface area contributed by atoms with Gasteiger partial charge in [0.15, 0.2) is 0 Å². The summed E-state index contributed by atoms with van der Waals surface area (Å²) in [4.78, 5) is 28.4. The fourth-order valence-electron chi connectivity index (χ4n) is 3.99. The third-order valence-corrected chi connectivity index (χ3v) is 5.76. The molecule has 0 saturated heterocycles. The minimum atomic E-state index is -0.281. The van der Waals surface area contributed by atoms with Crippen molar-refractivity contribution in [3.63, 3.8) is 0 Å². The number of aryl methyl sites for hydroxylation is 2. The quantitative estimate of drug-likeness (QED) is 0.305. The SMILES string of the molecule is CCN(c1c(C)c(C(=O)NCc2c(C)cc(C)[nH]c2=O)cc(NC)c1C=N)N(C)CCOC. The highest BCUT2D eigenvalue weighted by Crippen LogP contribution is 2.33. The lowest BCUT2D eigenvalue weighted by Gasteiger charge is -2.36. The number of aromatic amines is 1. The molecular formula is C24H36N6O3. The molecule has 33 heavy (non-hydrogen) atoms. The number of rotatable bonds is 11. The Labute approximate surface area is 195 Å². The second kappa shape index (κ2) is 11.6. The number of hydrogen-bond acceptors (Lipinski definition) is 7. The number of hydrazine groups is 1. The second-order valence-electron chi connectivity index (χ2n) is 7.97. The summed E-state index contributed by atoms with van der Waals surface area (Å²) in [6.07, 6.45) is 1.30. The van der Waals surface area contributed by atoms with Crippen LogP contribution >= 0.6 is 0 Å². The van der Waals surface area contributed by atoms with Gasteiger partial charge in [0.2, 0.25) is 0 Å². The molecule has 1 aromatic carbocycles. The van der Waals surface area contributed by atoms with Gasteiger partial charge in [0, 0.05) is 75.1 Å². The molecule has 1 heterocycles. The van der Waals surface area contributed by atoms with Crippen LogP contribution in [0.15, 0.2) is 16.9 Å². The van der Waals surface area contributed by atoms with Gasteiger partial charge in [-0.3, -0.25) is 9.59 Å². The Hall–Kier alpha value is -3.17. The molecule has 1 amide bonds. The summed E-state index contributed by atoms with van der Waals surface area (Å²) in [6, 6.07) is 3.64. The van der Waals surface area contributed by atoms with E-state index in [4.69, 9.17) is 10.1 Å². The van der Waals surface area contributed by atoms with Gasteiger partial charge in [-0.1, -0.05) is 0 Å². The summed E-state index contributed by atoms with van der Waals surface area (Å²) < 4.78 is 5.22. The maximum absolute atomic E-state index is 13.2. The van der Waals surface area contributed by atoms with Crippen molar-refractivity contribution in [2.45, 2.75) is 34.2 Å². The number of hydrogen-bond donors (Lipinski definition) is 4. The molecule has 9 nitrogen and oxygen atoms in total. The van der Waals surface area contributed by atoms with Crippen LogP contribution in [0.4, 0.5) is 11.4 Å². The number of likely N-dealkylation sites (N-methyl/N-ethyl adjacent to an activating group) is 1. The van der Waals surface area contributed by atoms with Crippen molar-refractivity contribution in [3.05, 3.63) is 56.0 Å². The van der Waals surface area contributed by atoms with Crippen LogP contribution in [0, 0.1) is 26.2 Å². The molecule has 4 N–H and O–H groups in total. The van der Waals surface area contributed by atoms with Gasteiger partial charge in [0.1, 0.15) is 0 Å². The van der Waals surface area contributed by atoms with Crippen LogP contribution in [0.25, 0.3) is 0 Å². The number of nitrogens with zero attached hydrogens (tertiary/aromatic N) is 2. The predicted octanol–water partition coefficient (Wildman–Crippen LogP) is 2.59. The first-order valence-electron chi connectivity index (χ1n) is 11.0. The number of amides is 1. The Morgan fingerprint density at radius 3 is 2.52 bits per heavy atom. The molecule has 0 aliphatic carbocycles. The number of methoxy groups -OCH3 is 1. The summed E-state index contributed by atoms with van der Waals surface area (Å²) in [6.45, 7) is 9.57. The number of aromatic nitrogens is 1. The molecule has 0 radical (unpaired) electrons. The van der Waals surface area contributed by atoms with E-state index in [1.165, 1.54) is 6.21 Å². The first kappa shape index (κ1) is 26.1. The maximum Gasteiger partial charge on any atom is 0.253 e. The Bertz CT molecular complexity index is 1060. The van der Waals surface area contributed by atoms with Crippen LogP contribution in [0.3, 0.4) is 0 Å². The molecule has 0 fully saturated rings. The fraction of sp³-hybridized carbons (Fsp3) is 0.458. The van der Waals surface area contributed by atoms with Crippen molar-refractivity contribution >= 4 is 23.5 Å². The van der Waals surface area contributed by atoms with E-state index in [9.17, 15) is 9.59 Å². The van der Waals surface area contributed by atoms with Gasteiger partial charge in [-0.25, -0.2) is 5.01 Å². The van der Waals surface area contributed by atoms with E-state index in [1.54, 1.807) is 20.2 Å². The number of nitrogens with one attached hydrogen (secondary N) is 4. The molecule has 0 spiro atoms. The summed E-state index contributed by atoms with van der Waals surface area (Å²) in [5.41, 5.74) is 5.36. The lowest BCUT2D eigenvalue weighted by Crippen LogP contribution is -2.43. The average Bonchev–Trinajstić information content (AvgIpc) is 2.77. The zero-order valence-electron chi connectivity index (χ0n) is 20.7. The van der Waals surface area contributed by atoms with Gasteiger partial charge in [-0.15, -0.1) is 0 Å². The smallest absolute Gasteiger partial charge is 0.253 e. The molecule has 180 valence electrons. The standard InChI is InChI=1S/C24H36N6O3/c1-8-30(29(6)9-10-33-7)22-17(4)18(12-21(26-5)19(22)13-25)23(31)27-14-20-15(2)11-16(3)28-24(20)32/h11-13,25-26H,8-10,14H2,1-7H3,(H,27,31)(H,28,32). The zero-order chi connectivity index (χ0) is 24.7. The molecule has 9 heteroatoms. The van der Waals surface area contributed by atoms with E-state index >= 15 is 0 Å². The monoisotopic (exact) mass is 456 g/mol.